The van der Waals surface area contributed by atoms with Crippen LogP contribution in [0.3, 0.4) is 0 Å². The zero-order chi connectivity index (χ0) is 19.1. The van der Waals surface area contributed by atoms with Crippen molar-refractivity contribution in [2.24, 2.45) is 5.41 Å². The Morgan fingerprint density at radius 2 is 2.00 bits per heavy atom. The first-order valence-corrected chi connectivity index (χ1v) is 9.43. The highest BCUT2D eigenvalue weighted by Crippen LogP contribution is 2.39. The molecule has 1 rings (SSSR count). The van der Waals surface area contributed by atoms with Crippen molar-refractivity contribution in [1.29, 1.82) is 0 Å². The van der Waals surface area contributed by atoms with Gasteiger partial charge in [0.1, 0.15) is 5.76 Å². The summed E-state index contributed by atoms with van der Waals surface area (Å²) in [4.78, 5) is 12.3. The van der Waals surface area contributed by atoms with E-state index in [4.69, 9.17) is 9.47 Å². The molecule has 146 valence electrons. The normalized spacial score (nSPS) is 21.6. The van der Waals surface area contributed by atoms with E-state index < -0.39 is 27.0 Å². The maximum absolute atomic E-state index is 12.4. The molecule has 1 aliphatic rings. The van der Waals surface area contributed by atoms with Crippen molar-refractivity contribution < 1.29 is 40.0 Å². The Kier molecular flexibility index (Phi) is 7.73. The molecule has 0 spiro atoms. The van der Waals surface area contributed by atoms with Crippen LogP contribution in [0.5, 0.6) is 0 Å². The zero-order valence-electron chi connectivity index (χ0n) is 14.2. The molecule has 1 unspecified atom stereocenters. The number of ether oxygens (including phenoxy) is 2. The number of hydrogen-bond donors (Lipinski definition) is 0. The van der Waals surface area contributed by atoms with Crippen molar-refractivity contribution in [3.8, 4) is 0 Å². The number of unbranched alkanes of at least 4 members (excludes halogenated alkanes) is 1. The van der Waals surface area contributed by atoms with E-state index in [2.05, 4.69) is 4.18 Å². The van der Waals surface area contributed by atoms with E-state index in [1.165, 1.54) is 6.08 Å². The lowest BCUT2D eigenvalue weighted by Gasteiger charge is -2.33. The molecule has 0 aromatic carbocycles. The Balaban J connectivity index is 2.84. The minimum absolute atomic E-state index is 0.0132. The second kappa shape index (κ2) is 8.88. The van der Waals surface area contributed by atoms with Crippen LogP contribution in [0.25, 0.3) is 0 Å². The summed E-state index contributed by atoms with van der Waals surface area (Å²) in [5, 5.41) is 0. The molecule has 0 aromatic rings. The summed E-state index contributed by atoms with van der Waals surface area (Å²) in [7, 11) is -5.71. The van der Waals surface area contributed by atoms with Crippen LogP contribution in [0.15, 0.2) is 11.8 Å². The highest BCUT2D eigenvalue weighted by atomic mass is 32.2. The Labute approximate surface area is 145 Å². The summed E-state index contributed by atoms with van der Waals surface area (Å²) in [6.07, 6.45) is 2.85. The lowest BCUT2D eigenvalue weighted by molar-refractivity contribution is -0.160. The van der Waals surface area contributed by atoms with E-state index in [0.29, 0.717) is 6.61 Å². The molecule has 1 aliphatic carbocycles. The fourth-order valence-corrected chi connectivity index (χ4v) is 2.84. The number of rotatable bonds is 9. The lowest BCUT2D eigenvalue weighted by Crippen LogP contribution is -2.39. The van der Waals surface area contributed by atoms with E-state index in [1.54, 1.807) is 6.92 Å². The van der Waals surface area contributed by atoms with Crippen molar-refractivity contribution >= 4 is 16.1 Å². The van der Waals surface area contributed by atoms with E-state index in [0.717, 1.165) is 12.8 Å². The third-order valence-corrected chi connectivity index (χ3v) is 4.80. The molecule has 0 fully saturated rings. The number of allylic oxidation sites excluding steroid dienone is 2. The van der Waals surface area contributed by atoms with Gasteiger partial charge in [0.25, 0.3) is 0 Å². The van der Waals surface area contributed by atoms with Crippen molar-refractivity contribution in [3.05, 3.63) is 11.8 Å². The summed E-state index contributed by atoms with van der Waals surface area (Å²) in [6.45, 7) is 4.30. The van der Waals surface area contributed by atoms with Gasteiger partial charge in [0, 0.05) is 13.0 Å². The first kappa shape index (κ1) is 21.8. The second-order valence-electron chi connectivity index (χ2n) is 5.76. The van der Waals surface area contributed by atoms with Gasteiger partial charge in [-0.05, 0) is 32.3 Å². The number of hydrogen-bond acceptors (Lipinski definition) is 6. The highest BCUT2D eigenvalue weighted by molar-refractivity contribution is 7.87. The molecule has 0 saturated carbocycles. The third kappa shape index (κ3) is 5.88. The van der Waals surface area contributed by atoms with Crippen LogP contribution >= 0.6 is 0 Å². The standard InChI is InChI=1S/C15H23F3O6S/c1-3-5-10-22-11-14(13(19)23-4-2)8-6-12(7-9-14)24-25(20,21)15(16,17)18/h6H,3-5,7-11H2,1-2H3. The third-order valence-electron chi connectivity index (χ3n) is 3.80. The quantitative estimate of drug-likeness (QED) is 0.261. The van der Waals surface area contributed by atoms with Crippen molar-refractivity contribution in [2.75, 3.05) is 19.8 Å². The summed E-state index contributed by atoms with van der Waals surface area (Å²) >= 11 is 0. The molecule has 0 radical (unpaired) electrons. The zero-order valence-corrected chi connectivity index (χ0v) is 15.0. The predicted molar refractivity (Wildman–Crippen MR) is 82.8 cm³/mol. The molecule has 10 heteroatoms. The lowest BCUT2D eigenvalue weighted by atomic mass is 9.77. The van der Waals surface area contributed by atoms with E-state index in [1.807, 2.05) is 6.92 Å². The maximum atomic E-state index is 12.4. The van der Waals surface area contributed by atoms with Gasteiger partial charge < -0.3 is 13.7 Å². The van der Waals surface area contributed by atoms with E-state index in [-0.39, 0.29) is 38.2 Å². The smallest absolute Gasteiger partial charge is 0.465 e. The summed E-state index contributed by atoms with van der Waals surface area (Å²) < 4.78 is 73.9. The molecule has 25 heavy (non-hydrogen) atoms. The molecular weight excluding hydrogens is 365 g/mol. The van der Waals surface area contributed by atoms with Gasteiger partial charge in [-0.1, -0.05) is 13.3 Å². The van der Waals surface area contributed by atoms with E-state index in [9.17, 15) is 26.4 Å². The second-order valence-corrected chi connectivity index (χ2v) is 7.30. The van der Waals surface area contributed by atoms with Crippen LogP contribution in [0.2, 0.25) is 0 Å². The molecule has 0 heterocycles. The maximum Gasteiger partial charge on any atom is 0.534 e. The van der Waals surface area contributed by atoms with Crippen molar-refractivity contribution in [3.63, 3.8) is 0 Å². The molecule has 0 aliphatic heterocycles. The average Bonchev–Trinajstić information content (AvgIpc) is 2.52. The molecule has 6 nitrogen and oxygen atoms in total. The number of carbonyl (C=O) groups excluding carboxylic acids is 1. The van der Waals surface area contributed by atoms with Gasteiger partial charge in [0.05, 0.1) is 18.6 Å². The largest absolute Gasteiger partial charge is 0.534 e. The van der Waals surface area contributed by atoms with Gasteiger partial charge in [0.15, 0.2) is 0 Å². The molecule has 0 saturated heterocycles. The Hall–Kier alpha value is -1.29. The minimum atomic E-state index is -5.71. The van der Waals surface area contributed by atoms with Crippen molar-refractivity contribution in [1.82, 2.24) is 0 Å². The molecule has 1 atom stereocenters. The molecular formula is C15H23F3O6S. The molecule has 0 N–H and O–H groups in total. The Morgan fingerprint density at radius 3 is 2.48 bits per heavy atom. The number of esters is 1. The number of alkyl halides is 3. The highest BCUT2D eigenvalue weighted by Gasteiger charge is 2.50. The van der Waals surface area contributed by atoms with Crippen LogP contribution in [-0.2, 0) is 28.6 Å². The van der Waals surface area contributed by atoms with Gasteiger partial charge in [-0.2, -0.15) is 21.6 Å². The fraction of sp³-hybridized carbons (Fsp3) is 0.800. The number of carbonyl (C=O) groups is 1. The van der Waals surface area contributed by atoms with Gasteiger partial charge in [-0.3, -0.25) is 4.79 Å². The van der Waals surface area contributed by atoms with Crippen LogP contribution in [-0.4, -0.2) is 39.7 Å². The Morgan fingerprint density at radius 1 is 1.32 bits per heavy atom. The molecule has 0 aromatic heterocycles. The molecule has 0 amide bonds. The monoisotopic (exact) mass is 388 g/mol. The topological polar surface area (TPSA) is 78.9 Å². The van der Waals surface area contributed by atoms with Crippen molar-refractivity contribution in [2.45, 2.75) is 51.5 Å². The number of halogens is 3. The van der Waals surface area contributed by atoms with E-state index >= 15 is 0 Å². The first-order valence-electron chi connectivity index (χ1n) is 8.02. The average molecular weight is 388 g/mol. The Bertz CT molecular complexity index is 585. The van der Waals surface area contributed by atoms with Crippen LogP contribution in [0.4, 0.5) is 13.2 Å². The van der Waals surface area contributed by atoms with Crippen LogP contribution in [0, 0.1) is 5.41 Å². The molecule has 0 bridgehead atoms. The van der Waals surface area contributed by atoms with Gasteiger partial charge in [0.2, 0.25) is 0 Å². The van der Waals surface area contributed by atoms with Crippen LogP contribution < -0.4 is 0 Å². The minimum Gasteiger partial charge on any atom is -0.465 e. The summed E-state index contributed by atoms with van der Waals surface area (Å²) in [5.74, 6) is -0.841. The van der Waals surface area contributed by atoms with Gasteiger partial charge in [-0.15, -0.1) is 0 Å². The SMILES string of the molecule is CCCCOCC1(C(=O)OCC)CC=C(OS(=O)(=O)C(F)(F)F)CC1. The van der Waals surface area contributed by atoms with Gasteiger partial charge in [-0.25, -0.2) is 0 Å². The summed E-state index contributed by atoms with van der Waals surface area (Å²) in [5.41, 5.74) is -6.54. The van der Waals surface area contributed by atoms with Crippen LogP contribution in [0.1, 0.15) is 46.0 Å². The predicted octanol–water partition coefficient (Wildman–Crippen LogP) is 3.29. The summed E-state index contributed by atoms with van der Waals surface area (Å²) in [6, 6.07) is 0. The fourth-order valence-electron chi connectivity index (χ4n) is 2.31. The van der Waals surface area contributed by atoms with Gasteiger partial charge >= 0.3 is 21.6 Å². The first-order chi connectivity index (χ1) is 11.6.